The Morgan fingerprint density at radius 3 is 2.61 bits per heavy atom. The van der Waals surface area contributed by atoms with Crippen molar-refractivity contribution in [3.05, 3.63) is 41.0 Å². The maximum atomic E-state index is 16.0. The molecule has 10 atom stereocenters. The molecule has 0 aliphatic carbocycles. The van der Waals surface area contributed by atoms with E-state index in [4.69, 9.17) is 45.1 Å². The lowest BCUT2D eigenvalue weighted by atomic mass is 10.1. The smallest absolute Gasteiger partial charge is 0.387 e. The zero-order chi connectivity index (χ0) is 32.5. The van der Waals surface area contributed by atoms with Crippen molar-refractivity contribution >= 4 is 60.1 Å². The molecule has 0 spiro atoms. The van der Waals surface area contributed by atoms with Crippen LogP contribution < -0.4 is 5.73 Å². The maximum absolute atomic E-state index is 16.0. The molecule has 0 saturated carbocycles. The minimum absolute atomic E-state index is 0.0198. The predicted octanol–water partition coefficient (Wildman–Crippen LogP) is 0.390. The molecule has 3 aromatic heterocycles. The number of nitrogens with two attached hydrogens (primary N) is 1. The van der Waals surface area contributed by atoms with Crippen LogP contribution in [-0.2, 0) is 43.9 Å². The standard InChI is InChI=1S/C21H22FN9O12P2S/c22-12-16-11(41-20(12)29-7-26-14-18(23)24-6-25-19(14)29)5-38-44(35,36)42-17-15(32)10(4-39-45(37,46)43-16)40-21(17)30-8-2-1-3-9(31(33)34)13(8)27-28-30/h1-3,6-7,10-12,15-17,20-21,32H,4-5H2,(H,35,36)(H,37,46)(H2,23,24,25)/t10-,11-,12-,15-,16-,17-,20-,21-,45?/m1/s1. The summed E-state index contributed by atoms with van der Waals surface area (Å²) in [6.07, 6.45) is -10.8. The van der Waals surface area contributed by atoms with Crippen LogP contribution >= 0.6 is 14.5 Å². The molecule has 4 aromatic rings. The summed E-state index contributed by atoms with van der Waals surface area (Å²) < 4.78 is 64.4. The van der Waals surface area contributed by atoms with Crippen LogP contribution in [0.2, 0.25) is 0 Å². The lowest BCUT2D eigenvalue weighted by molar-refractivity contribution is -0.383. The quantitative estimate of drug-likeness (QED) is 0.127. The van der Waals surface area contributed by atoms with Crippen LogP contribution in [0.4, 0.5) is 15.9 Å². The van der Waals surface area contributed by atoms with Gasteiger partial charge in [-0.15, -0.1) is 5.10 Å². The number of aliphatic hydroxyl groups is 1. The van der Waals surface area contributed by atoms with Gasteiger partial charge >= 0.3 is 14.5 Å². The van der Waals surface area contributed by atoms with Gasteiger partial charge in [0.15, 0.2) is 35.6 Å². The number of aliphatic hydroxyl groups excluding tert-OH is 1. The van der Waals surface area contributed by atoms with Crippen molar-refractivity contribution < 1.29 is 56.3 Å². The van der Waals surface area contributed by atoms with Gasteiger partial charge in [-0.2, -0.15) is 0 Å². The number of ether oxygens (including phenoxy) is 2. The number of nitro benzene ring substituents is 1. The molecule has 1 aromatic carbocycles. The van der Waals surface area contributed by atoms with E-state index in [2.05, 4.69) is 25.3 Å². The van der Waals surface area contributed by atoms with Crippen LogP contribution in [0.1, 0.15) is 12.5 Å². The van der Waals surface area contributed by atoms with E-state index >= 15 is 4.39 Å². The van der Waals surface area contributed by atoms with Gasteiger partial charge in [0.05, 0.1) is 30.0 Å². The van der Waals surface area contributed by atoms with E-state index in [1.54, 1.807) is 0 Å². The number of hydrogen-bond acceptors (Lipinski definition) is 17. The average molecular weight is 705 g/mol. The number of nitrogen functional groups attached to an aromatic ring is 1. The second-order valence-corrected chi connectivity index (χ2v) is 14.4. The number of hydrogen-bond donors (Lipinski definition) is 4. The van der Waals surface area contributed by atoms with Gasteiger partial charge in [0.1, 0.15) is 42.4 Å². The summed E-state index contributed by atoms with van der Waals surface area (Å²) in [7, 11) is -5.13. The van der Waals surface area contributed by atoms with Crippen molar-refractivity contribution in [3.63, 3.8) is 0 Å². The van der Waals surface area contributed by atoms with E-state index in [1.807, 2.05) is 0 Å². The van der Waals surface area contributed by atoms with Crippen molar-refractivity contribution in [1.82, 2.24) is 34.5 Å². The van der Waals surface area contributed by atoms with Crippen molar-refractivity contribution in [2.24, 2.45) is 0 Å². The van der Waals surface area contributed by atoms with Crippen molar-refractivity contribution in [2.75, 3.05) is 18.9 Å². The molecule has 0 amide bonds. The van der Waals surface area contributed by atoms with Crippen LogP contribution in [0.5, 0.6) is 0 Å². The highest BCUT2D eigenvalue weighted by Crippen LogP contribution is 2.54. The molecule has 2 bridgehead atoms. The number of non-ortho nitro benzene ring substituents is 1. The summed E-state index contributed by atoms with van der Waals surface area (Å²) in [5.74, 6) is 0.0198. The fraction of sp³-hybridized carbons (Fsp3) is 0.476. The van der Waals surface area contributed by atoms with Gasteiger partial charge in [-0.05, 0) is 17.9 Å². The van der Waals surface area contributed by atoms with E-state index in [0.717, 1.165) is 11.0 Å². The van der Waals surface area contributed by atoms with Gasteiger partial charge < -0.3 is 34.6 Å². The van der Waals surface area contributed by atoms with Crippen molar-refractivity contribution in [2.45, 2.75) is 49.1 Å². The van der Waals surface area contributed by atoms with Crippen LogP contribution in [0.3, 0.4) is 0 Å². The lowest BCUT2D eigenvalue weighted by Gasteiger charge is -2.26. The highest BCUT2D eigenvalue weighted by molar-refractivity contribution is 8.07. The first kappa shape index (κ1) is 31.4. The van der Waals surface area contributed by atoms with Gasteiger partial charge in [-0.1, -0.05) is 11.3 Å². The fourth-order valence-electron chi connectivity index (χ4n) is 5.39. The monoisotopic (exact) mass is 705 g/mol. The van der Waals surface area contributed by atoms with Crippen LogP contribution in [0, 0.1) is 10.1 Å². The molecule has 246 valence electrons. The Hall–Kier alpha value is -3.18. The number of phosphoric acid groups is 1. The summed E-state index contributed by atoms with van der Waals surface area (Å²) in [5.41, 5.74) is 5.62. The number of rotatable bonds is 3. The molecule has 0 radical (unpaired) electrons. The third-order valence-corrected chi connectivity index (χ3v) is 10.0. The number of nitro groups is 1. The lowest BCUT2D eigenvalue weighted by Crippen LogP contribution is -2.35. The number of phosphoric ester groups is 1. The molecular formula is C21H22FN9O12P2S. The summed E-state index contributed by atoms with van der Waals surface area (Å²) >= 11 is 5.12. The normalized spacial score (nSPS) is 37.0. The molecule has 46 heavy (non-hydrogen) atoms. The zero-order valence-electron chi connectivity index (χ0n) is 22.8. The van der Waals surface area contributed by atoms with E-state index in [-0.39, 0.29) is 33.7 Å². The predicted molar refractivity (Wildman–Crippen MR) is 151 cm³/mol. The summed E-state index contributed by atoms with van der Waals surface area (Å²) in [5, 5.41) is 30.2. The molecule has 5 N–H and O–H groups in total. The van der Waals surface area contributed by atoms with Gasteiger partial charge in [0.25, 0.3) is 5.69 Å². The number of halogens is 1. The Kier molecular flexibility index (Phi) is 7.86. The number of aromatic nitrogens is 7. The van der Waals surface area contributed by atoms with Gasteiger partial charge in [-0.3, -0.25) is 28.3 Å². The van der Waals surface area contributed by atoms with Gasteiger partial charge in [0, 0.05) is 6.07 Å². The summed E-state index contributed by atoms with van der Waals surface area (Å²) in [4.78, 5) is 44.4. The molecule has 3 fully saturated rings. The Bertz CT molecular complexity index is 1940. The Morgan fingerprint density at radius 1 is 1.07 bits per heavy atom. The van der Waals surface area contributed by atoms with Crippen LogP contribution in [-0.4, -0.2) is 104 Å². The topological polar surface area (TPSA) is 277 Å². The van der Waals surface area contributed by atoms with E-state index in [1.165, 1.54) is 29.1 Å². The van der Waals surface area contributed by atoms with E-state index < -0.39 is 81.8 Å². The van der Waals surface area contributed by atoms with E-state index in [9.17, 15) is 29.6 Å². The Balaban J connectivity index is 1.20. The van der Waals surface area contributed by atoms with Crippen molar-refractivity contribution in [3.8, 4) is 0 Å². The highest BCUT2D eigenvalue weighted by atomic mass is 32.5. The second kappa shape index (κ2) is 11.5. The third kappa shape index (κ3) is 5.47. The molecule has 7 rings (SSSR count). The van der Waals surface area contributed by atoms with Gasteiger partial charge in [0.2, 0.25) is 0 Å². The number of anilines is 1. The largest absolute Gasteiger partial charge is 0.472 e. The molecule has 6 heterocycles. The molecule has 21 nitrogen and oxygen atoms in total. The second-order valence-electron chi connectivity index (χ2n) is 10.3. The number of imidazole rings is 1. The summed E-state index contributed by atoms with van der Waals surface area (Å²) in [6.45, 7) is -5.85. The maximum Gasteiger partial charge on any atom is 0.472 e. The number of nitrogens with zero attached hydrogens (tertiary/aromatic N) is 8. The molecule has 3 aliphatic rings. The SMILES string of the molecule is Nc1ncnc2c1ncn2[C@@H]1O[C@@H]2COP(=O)(O)O[C@@H]3[C@H](O)[C@@H](COP(O)(=S)O[C@H]2[C@H]1F)O[C@H]3n1nnc2c([N+](=O)[O-])cccc21. The third-order valence-electron chi connectivity index (χ3n) is 7.47. The van der Waals surface area contributed by atoms with Crippen LogP contribution in [0.15, 0.2) is 30.9 Å². The number of benzene rings is 1. The molecule has 3 aliphatic heterocycles. The molecule has 25 heteroatoms. The van der Waals surface area contributed by atoms with E-state index in [0.29, 0.717) is 0 Å². The first-order chi connectivity index (χ1) is 21.8. The Labute approximate surface area is 260 Å². The summed E-state index contributed by atoms with van der Waals surface area (Å²) in [6, 6.07) is 3.96. The molecule has 2 unspecified atom stereocenters. The highest BCUT2D eigenvalue weighted by Gasteiger charge is 2.54. The first-order valence-corrected chi connectivity index (χ1v) is 17.3. The van der Waals surface area contributed by atoms with Crippen LogP contribution in [0.25, 0.3) is 22.2 Å². The average Bonchev–Trinajstić information content (AvgIpc) is 3.76. The molecular weight excluding hydrogens is 683 g/mol. The van der Waals surface area contributed by atoms with Crippen molar-refractivity contribution in [1.29, 1.82) is 0 Å². The minimum Gasteiger partial charge on any atom is -0.387 e. The first-order valence-electron chi connectivity index (χ1n) is 13.2. The van der Waals surface area contributed by atoms with Gasteiger partial charge in [-0.25, -0.2) is 28.6 Å². The zero-order valence-corrected chi connectivity index (χ0v) is 25.4. The number of fused-ring (bicyclic) bond motifs is 5. The Morgan fingerprint density at radius 2 is 1.83 bits per heavy atom. The fourth-order valence-corrected chi connectivity index (χ4v) is 7.76. The number of alkyl halides is 1. The molecule has 3 saturated heterocycles. The minimum atomic E-state index is -5.13.